The van der Waals surface area contributed by atoms with Crippen molar-refractivity contribution >= 4 is 27.3 Å². The van der Waals surface area contributed by atoms with Crippen LogP contribution in [0.5, 0.6) is 0 Å². The van der Waals surface area contributed by atoms with Crippen molar-refractivity contribution < 1.29 is 0 Å². The fraction of sp³-hybridized carbons (Fsp3) is 0.375. The zero-order valence-corrected chi connectivity index (χ0v) is 14.0. The van der Waals surface area contributed by atoms with E-state index in [-0.39, 0.29) is 11.5 Å². The first-order valence-corrected chi connectivity index (χ1v) is 8.07. The molecule has 1 aromatic carbocycles. The Balaban J connectivity index is 2.09. The Labute approximate surface area is 128 Å². The molecule has 0 radical (unpaired) electrons. The van der Waals surface area contributed by atoms with E-state index in [2.05, 4.69) is 73.1 Å². The van der Waals surface area contributed by atoms with E-state index >= 15 is 0 Å². The second-order valence-corrected chi connectivity index (χ2v) is 7.92. The average Bonchev–Trinajstić information content (AvgIpc) is 2.81. The van der Waals surface area contributed by atoms with Crippen LogP contribution in [-0.4, -0.2) is 0 Å². The standard InChI is InChI=1S/C16H20BrNS/c1-16(2,3)15-9-8-14(19-15)13(18)10-11-4-6-12(17)7-5-11/h4-9,13H,10,18H2,1-3H3. The van der Waals surface area contributed by atoms with Crippen LogP contribution >= 0.6 is 27.3 Å². The normalized spacial score (nSPS) is 13.5. The zero-order chi connectivity index (χ0) is 14.0. The molecule has 0 saturated carbocycles. The molecule has 1 unspecified atom stereocenters. The topological polar surface area (TPSA) is 26.0 Å². The molecule has 0 aliphatic rings. The van der Waals surface area contributed by atoms with Crippen molar-refractivity contribution in [3.8, 4) is 0 Å². The van der Waals surface area contributed by atoms with Crippen molar-refractivity contribution in [2.24, 2.45) is 5.73 Å². The monoisotopic (exact) mass is 337 g/mol. The molecular formula is C16H20BrNS. The molecule has 2 aromatic rings. The maximum absolute atomic E-state index is 6.32. The van der Waals surface area contributed by atoms with Gasteiger partial charge in [0.05, 0.1) is 0 Å². The van der Waals surface area contributed by atoms with Gasteiger partial charge in [-0.25, -0.2) is 0 Å². The summed E-state index contributed by atoms with van der Waals surface area (Å²) in [5.41, 5.74) is 7.81. The lowest BCUT2D eigenvalue weighted by molar-refractivity contribution is 0.604. The molecule has 0 bridgehead atoms. The summed E-state index contributed by atoms with van der Waals surface area (Å²) in [5, 5.41) is 0. The van der Waals surface area contributed by atoms with E-state index in [1.165, 1.54) is 15.3 Å². The van der Waals surface area contributed by atoms with E-state index in [0.29, 0.717) is 0 Å². The van der Waals surface area contributed by atoms with Gasteiger partial charge in [0.15, 0.2) is 0 Å². The molecule has 0 amide bonds. The maximum atomic E-state index is 6.32. The van der Waals surface area contributed by atoms with Crippen LogP contribution in [-0.2, 0) is 11.8 Å². The van der Waals surface area contributed by atoms with Crippen LogP contribution < -0.4 is 5.73 Å². The van der Waals surface area contributed by atoms with E-state index in [1.807, 2.05) is 11.3 Å². The summed E-state index contributed by atoms with van der Waals surface area (Å²) in [4.78, 5) is 2.67. The van der Waals surface area contributed by atoms with E-state index in [9.17, 15) is 0 Å². The number of hydrogen-bond donors (Lipinski definition) is 1. The molecule has 2 N–H and O–H groups in total. The van der Waals surface area contributed by atoms with Gasteiger partial charge < -0.3 is 5.73 Å². The lowest BCUT2D eigenvalue weighted by Crippen LogP contribution is -2.12. The molecule has 102 valence electrons. The van der Waals surface area contributed by atoms with Gasteiger partial charge in [-0.2, -0.15) is 0 Å². The molecule has 1 atom stereocenters. The molecule has 0 fully saturated rings. The first-order chi connectivity index (χ1) is 8.86. The summed E-state index contributed by atoms with van der Waals surface area (Å²) in [6.07, 6.45) is 0.886. The fourth-order valence-electron chi connectivity index (χ4n) is 1.93. The minimum Gasteiger partial charge on any atom is -0.323 e. The number of hydrogen-bond acceptors (Lipinski definition) is 2. The van der Waals surface area contributed by atoms with Crippen LogP contribution in [0.25, 0.3) is 0 Å². The van der Waals surface area contributed by atoms with Crippen LogP contribution in [0.1, 0.15) is 42.1 Å². The molecule has 0 aliphatic heterocycles. The highest BCUT2D eigenvalue weighted by molar-refractivity contribution is 9.10. The largest absolute Gasteiger partial charge is 0.323 e. The highest BCUT2D eigenvalue weighted by atomic mass is 79.9. The van der Waals surface area contributed by atoms with E-state index in [0.717, 1.165) is 10.9 Å². The fourth-order valence-corrected chi connectivity index (χ4v) is 3.26. The van der Waals surface area contributed by atoms with Gasteiger partial charge in [-0.15, -0.1) is 11.3 Å². The molecule has 19 heavy (non-hydrogen) atoms. The lowest BCUT2D eigenvalue weighted by atomic mass is 9.95. The van der Waals surface area contributed by atoms with Crippen molar-refractivity contribution in [1.29, 1.82) is 0 Å². The lowest BCUT2D eigenvalue weighted by Gasteiger charge is -2.16. The first-order valence-electron chi connectivity index (χ1n) is 6.46. The Morgan fingerprint density at radius 3 is 2.26 bits per heavy atom. The van der Waals surface area contributed by atoms with Crippen LogP contribution in [0.2, 0.25) is 0 Å². The van der Waals surface area contributed by atoms with Crippen molar-refractivity contribution in [3.63, 3.8) is 0 Å². The molecule has 1 nitrogen and oxygen atoms in total. The van der Waals surface area contributed by atoms with E-state index in [1.54, 1.807) is 0 Å². The number of halogens is 1. The summed E-state index contributed by atoms with van der Waals surface area (Å²) in [5.74, 6) is 0. The Hall–Kier alpha value is -0.640. The van der Waals surface area contributed by atoms with E-state index in [4.69, 9.17) is 5.73 Å². The van der Waals surface area contributed by atoms with Gasteiger partial charge in [-0.05, 0) is 41.7 Å². The third kappa shape index (κ3) is 3.91. The number of benzene rings is 1. The summed E-state index contributed by atoms with van der Waals surface area (Å²) in [7, 11) is 0. The van der Waals surface area contributed by atoms with Gasteiger partial charge in [-0.1, -0.05) is 48.8 Å². The van der Waals surface area contributed by atoms with Gasteiger partial charge in [0, 0.05) is 20.3 Å². The Morgan fingerprint density at radius 1 is 1.11 bits per heavy atom. The minimum atomic E-state index is 0.0854. The molecule has 0 aliphatic carbocycles. The predicted molar refractivity (Wildman–Crippen MR) is 87.8 cm³/mol. The summed E-state index contributed by atoms with van der Waals surface area (Å²) < 4.78 is 1.11. The second-order valence-electron chi connectivity index (χ2n) is 5.89. The SMILES string of the molecule is CC(C)(C)c1ccc(C(N)Cc2ccc(Br)cc2)s1. The Kier molecular flexibility index (Phi) is 4.49. The highest BCUT2D eigenvalue weighted by Crippen LogP contribution is 2.32. The predicted octanol–water partition coefficient (Wildman–Crippen LogP) is 5.05. The Bertz CT molecular complexity index is 537. The van der Waals surface area contributed by atoms with Gasteiger partial charge >= 0.3 is 0 Å². The molecule has 2 rings (SSSR count). The quantitative estimate of drug-likeness (QED) is 0.833. The zero-order valence-electron chi connectivity index (χ0n) is 11.6. The summed E-state index contributed by atoms with van der Waals surface area (Å²) in [6, 6.07) is 12.9. The number of rotatable bonds is 3. The molecule has 0 saturated heterocycles. The van der Waals surface area contributed by atoms with Gasteiger partial charge in [0.1, 0.15) is 0 Å². The van der Waals surface area contributed by atoms with Crippen LogP contribution in [0.15, 0.2) is 40.9 Å². The Morgan fingerprint density at radius 2 is 1.74 bits per heavy atom. The maximum Gasteiger partial charge on any atom is 0.0430 e. The summed E-state index contributed by atoms with van der Waals surface area (Å²) >= 11 is 5.29. The molecule has 3 heteroatoms. The molecule has 1 aromatic heterocycles. The average molecular weight is 338 g/mol. The van der Waals surface area contributed by atoms with E-state index < -0.39 is 0 Å². The van der Waals surface area contributed by atoms with Gasteiger partial charge in [0.25, 0.3) is 0 Å². The summed E-state index contributed by atoms with van der Waals surface area (Å²) in [6.45, 7) is 6.72. The third-order valence-corrected chi connectivity index (χ3v) is 5.27. The number of thiophene rings is 1. The van der Waals surface area contributed by atoms with Gasteiger partial charge in [-0.3, -0.25) is 0 Å². The third-order valence-electron chi connectivity index (χ3n) is 3.10. The molecule has 1 heterocycles. The first kappa shape index (κ1) is 14.8. The second kappa shape index (κ2) is 5.78. The van der Waals surface area contributed by atoms with Crippen LogP contribution in [0, 0.1) is 0 Å². The van der Waals surface area contributed by atoms with Crippen molar-refractivity contribution in [3.05, 3.63) is 56.2 Å². The van der Waals surface area contributed by atoms with Crippen LogP contribution in [0.4, 0.5) is 0 Å². The smallest absolute Gasteiger partial charge is 0.0430 e. The molecule has 0 spiro atoms. The molecular weight excluding hydrogens is 318 g/mol. The number of nitrogens with two attached hydrogens (primary N) is 1. The van der Waals surface area contributed by atoms with Crippen molar-refractivity contribution in [2.45, 2.75) is 38.6 Å². The van der Waals surface area contributed by atoms with Crippen molar-refractivity contribution in [1.82, 2.24) is 0 Å². The minimum absolute atomic E-state index is 0.0854. The highest BCUT2D eigenvalue weighted by Gasteiger charge is 2.18. The van der Waals surface area contributed by atoms with Gasteiger partial charge in [0.2, 0.25) is 0 Å². The van der Waals surface area contributed by atoms with Crippen molar-refractivity contribution in [2.75, 3.05) is 0 Å². The van der Waals surface area contributed by atoms with Crippen LogP contribution in [0.3, 0.4) is 0 Å².